The van der Waals surface area contributed by atoms with Gasteiger partial charge in [-0.15, -0.1) is 0 Å². The van der Waals surface area contributed by atoms with E-state index < -0.39 is 10.0 Å². The van der Waals surface area contributed by atoms with E-state index in [-0.39, 0.29) is 16.8 Å². The van der Waals surface area contributed by atoms with Crippen molar-refractivity contribution in [2.24, 2.45) is 0 Å². The minimum atomic E-state index is -3.63. The fraction of sp³-hybridized carbons (Fsp3) is 0.273. The number of aryl methyl sites for hydroxylation is 1. The number of hydrogen-bond acceptors (Lipinski definition) is 6. The summed E-state index contributed by atoms with van der Waals surface area (Å²) in [4.78, 5) is 10.7. The summed E-state index contributed by atoms with van der Waals surface area (Å²) in [7, 11) is -3.63. The van der Waals surface area contributed by atoms with Crippen molar-refractivity contribution in [3.8, 4) is 11.6 Å². The second kappa shape index (κ2) is 9.01. The first-order valence-electron chi connectivity index (χ1n) is 10.0. The average molecular weight is 477 g/mol. The van der Waals surface area contributed by atoms with Crippen molar-refractivity contribution >= 4 is 27.4 Å². The summed E-state index contributed by atoms with van der Waals surface area (Å²) in [5.74, 6) is 1.13. The Morgan fingerprint density at radius 3 is 2.53 bits per heavy atom. The Morgan fingerprint density at radius 1 is 1.09 bits per heavy atom. The van der Waals surface area contributed by atoms with E-state index in [1.54, 1.807) is 31.2 Å². The van der Waals surface area contributed by atoms with E-state index in [1.165, 1.54) is 34.9 Å². The largest absolute Gasteiger partial charge is 0.439 e. The van der Waals surface area contributed by atoms with Crippen LogP contribution in [0, 0.1) is 12.7 Å². The Balaban J connectivity index is 1.49. The van der Waals surface area contributed by atoms with Crippen molar-refractivity contribution in [1.29, 1.82) is 0 Å². The Morgan fingerprint density at radius 2 is 1.84 bits per heavy atom. The van der Waals surface area contributed by atoms with Crippen molar-refractivity contribution in [3.05, 3.63) is 71.3 Å². The third-order valence-electron chi connectivity index (χ3n) is 5.29. The van der Waals surface area contributed by atoms with Crippen LogP contribution in [-0.4, -0.2) is 48.4 Å². The van der Waals surface area contributed by atoms with Gasteiger partial charge < -0.3 is 9.64 Å². The van der Waals surface area contributed by atoms with Gasteiger partial charge in [-0.1, -0.05) is 11.6 Å². The van der Waals surface area contributed by atoms with Gasteiger partial charge in [0.2, 0.25) is 15.9 Å². The normalized spacial score (nSPS) is 17.4. The SMILES string of the molecule is Cc1cc(F)ccc1Oc1cc(N2CCN(S(=O)(=O)c3ccc(Cl)cc3)C(C)C2)ncn1. The van der Waals surface area contributed by atoms with E-state index in [1.807, 2.05) is 11.8 Å². The molecule has 32 heavy (non-hydrogen) atoms. The maximum atomic E-state index is 13.3. The summed E-state index contributed by atoms with van der Waals surface area (Å²) in [6, 6.07) is 11.9. The van der Waals surface area contributed by atoms with Gasteiger partial charge in [0.15, 0.2) is 0 Å². The van der Waals surface area contributed by atoms with Crippen molar-refractivity contribution in [2.45, 2.75) is 24.8 Å². The smallest absolute Gasteiger partial charge is 0.243 e. The van der Waals surface area contributed by atoms with Gasteiger partial charge >= 0.3 is 0 Å². The summed E-state index contributed by atoms with van der Waals surface area (Å²) in [5, 5.41) is 0.486. The summed E-state index contributed by atoms with van der Waals surface area (Å²) >= 11 is 5.89. The number of benzene rings is 2. The second-order valence-electron chi connectivity index (χ2n) is 7.59. The lowest BCUT2D eigenvalue weighted by Crippen LogP contribution is -2.54. The number of sulfonamides is 1. The zero-order valence-electron chi connectivity index (χ0n) is 17.6. The highest BCUT2D eigenvalue weighted by molar-refractivity contribution is 7.89. The van der Waals surface area contributed by atoms with Crippen molar-refractivity contribution in [2.75, 3.05) is 24.5 Å². The van der Waals surface area contributed by atoms with E-state index in [9.17, 15) is 12.8 Å². The lowest BCUT2D eigenvalue weighted by Gasteiger charge is -2.39. The van der Waals surface area contributed by atoms with Crippen LogP contribution in [0.5, 0.6) is 11.6 Å². The number of piperazine rings is 1. The Labute approximate surface area is 191 Å². The first-order chi connectivity index (χ1) is 15.2. The Hall–Kier alpha value is -2.75. The van der Waals surface area contributed by atoms with E-state index >= 15 is 0 Å². The first kappa shape index (κ1) is 22.4. The van der Waals surface area contributed by atoms with Crippen LogP contribution >= 0.6 is 11.6 Å². The molecule has 1 atom stereocenters. The maximum absolute atomic E-state index is 13.3. The number of aromatic nitrogens is 2. The molecular weight excluding hydrogens is 455 g/mol. The van der Waals surface area contributed by atoms with Gasteiger partial charge in [0.25, 0.3) is 0 Å². The molecule has 1 fully saturated rings. The highest BCUT2D eigenvalue weighted by Crippen LogP contribution is 2.28. The standard InChI is InChI=1S/C22H22ClFN4O3S/c1-15-11-18(24)5-8-20(15)31-22-12-21(25-14-26-22)27-9-10-28(16(2)13-27)32(29,30)19-6-3-17(23)4-7-19/h3-8,11-12,14,16H,9-10,13H2,1-2H3. The highest BCUT2D eigenvalue weighted by Gasteiger charge is 2.34. The third kappa shape index (κ3) is 4.69. The van der Waals surface area contributed by atoms with Crippen LogP contribution in [0.2, 0.25) is 5.02 Å². The molecule has 1 saturated heterocycles. The molecule has 0 aliphatic carbocycles. The summed E-state index contributed by atoms with van der Waals surface area (Å²) in [6.07, 6.45) is 1.39. The molecule has 0 N–H and O–H groups in total. The van der Waals surface area contributed by atoms with Crippen LogP contribution in [0.25, 0.3) is 0 Å². The molecule has 2 heterocycles. The number of anilines is 1. The fourth-order valence-corrected chi connectivity index (χ4v) is 5.39. The Bertz CT molecular complexity index is 1220. The summed E-state index contributed by atoms with van der Waals surface area (Å²) in [6.45, 7) is 4.84. The minimum absolute atomic E-state index is 0.217. The fourth-order valence-electron chi connectivity index (χ4n) is 3.65. The van der Waals surface area contributed by atoms with Crippen LogP contribution in [-0.2, 0) is 10.0 Å². The topological polar surface area (TPSA) is 75.6 Å². The molecule has 3 aromatic rings. The van der Waals surface area contributed by atoms with Gasteiger partial charge in [-0.05, 0) is 61.9 Å². The number of nitrogens with zero attached hydrogens (tertiary/aromatic N) is 4. The molecule has 0 radical (unpaired) electrons. The summed E-state index contributed by atoms with van der Waals surface area (Å²) < 4.78 is 46.7. The van der Waals surface area contributed by atoms with Crippen molar-refractivity contribution < 1.29 is 17.5 Å². The van der Waals surface area contributed by atoms with Gasteiger partial charge in [0, 0.05) is 36.8 Å². The molecule has 0 bridgehead atoms. The molecule has 0 amide bonds. The lowest BCUT2D eigenvalue weighted by atomic mass is 10.2. The second-order valence-corrected chi connectivity index (χ2v) is 9.92. The molecule has 0 spiro atoms. The molecule has 4 rings (SSSR count). The van der Waals surface area contributed by atoms with Gasteiger partial charge in [-0.25, -0.2) is 22.8 Å². The zero-order chi connectivity index (χ0) is 22.9. The van der Waals surface area contributed by atoms with Gasteiger partial charge in [0.05, 0.1) is 4.90 Å². The molecule has 168 valence electrons. The van der Waals surface area contributed by atoms with Crippen LogP contribution in [0.3, 0.4) is 0 Å². The number of hydrogen-bond donors (Lipinski definition) is 0. The number of halogens is 2. The van der Waals surface area contributed by atoms with Gasteiger partial charge in [-0.3, -0.25) is 0 Å². The van der Waals surface area contributed by atoms with E-state index in [0.717, 1.165) is 0 Å². The third-order valence-corrected chi connectivity index (χ3v) is 7.57. The van der Waals surface area contributed by atoms with Gasteiger partial charge in [0.1, 0.15) is 23.7 Å². The quantitative estimate of drug-likeness (QED) is 0.547. The average Bonchev–Trinajstić information content (AvgIpc) is 2.76. The number of ether oxygens (including phenoxy) is 1. The first-order valence-corrected chi connectivity index (χ1v) is 11.8. The monoisotopic (exact) mass is 476 g/mol. The molecule has 10 heteroatoms. The molecule has 0 saturated carbocycles. The van der Waals surface area contributed by atoms with E-state index in [2.05, 4.69) is 9.97 Å². The van der Waals surface area contributed by atoms with Gasteiger partial charge in [-0.2, -0.15) is 4.31 Å². The minimum Gasteiger partial charge on any atom is -0.439 e. The highest BCUT2D eigenvalue weighted by atomic mass is 35.5. The van der Waals surface area contributed by atoms with Crippen molar-refractivity contribution in [1.82, 2.24) is 14.3 Å². The molecule has 2 aromatic carbocycles. The van der Waals surface area contributed by atoms with Crippen LogP contribution in [0.4, 0.5) is 10.2 Å². The molecule has 7 nitrogen and oxygen atoms in total. The maximum Gasteiger partial charge on any atom is 0.243 e. The van der Waals surface area contributed by atoms with Crippen LogP contribution in [0.15, 0.2) is 59.8 Å². The lowest BCUT2D eigenvalue weighted by molar-refractivity contribution is 0.305. The van der Waals surface area contributed by atoms with Crippen LogP contribution in [0.1, 0.15) is 12.5 Å². The number of rotatable bonds is 5. The predicted molar refractivity (Wildman–Crippen MR) is 120 cm³/mol. The van der Waals surface area contributed by atoms with E-state index in [0.29, 0.717) is 47.7 Å². The predicted octanol–water partition coefficient (Wildman–Crippen LogP) is 4.27. The molecule has 1 aliphatic rings. The molecule has 1 unspecified atom stereocenters. The van der Waals surface area contributed by atoms with E-state index in [4.69, 9.17) is 16.3 Å². The van der Waals surface area contributed by atoms with Crippen molar-refractivity contribution in [3.63, 3.8) is 0 Å². The van der Waals surface area contributed by atoms with Crippen LogP contribution < -0.4 is 9.64 Å². The summed E-state index contributed by atoms with van der Waals surface area (Å²) in [5.41, 5.74) is 0.653. The Kier molecular flexibility index (Phi) is 6.32. The zero-order valence-corrected chi connectivity index (χ0v) is 19.1. The molecular formula is C22H22ClFN4O3S. The molecule has 1 aromatic heterocycles. The molecule has 1 aliphatic heterocycles.